The number of rotatable bonds is 3. The third-order valence-corrected chi connectivity index (χ3v) is 4.30. The molecule has 0 unspecified atom stereocenters. The number of para-hydroxylation sites is 1. The van der Waals surface area contributed by atoms with Crippen LogP contribution in [0, 0.1) is 6.92 Å². The van der Waals surface area contributed by atoms with Crippen LogP contribution in [0.25, 0.3) is 10.9 Å². The van der Waals surface area contributed by atoms with Gasteiger partial charge in [-0.1, -0.05) is 46.6 Å². The maximum atomic E-state index is 5.97. The molecule has 4 nitrogen and oxygen atoms in total. The first-order valence-corrected chi connectivity index (χ1v) is 7.49. The summed E-state index contributed by atoms with van der Waals surface area (Å²) in [5, 5.41) is 10.5. The Hall–Kier alpha value is -2.04. The molecule has 112 valence electrons. The molecule has 0 fully saturated rings. The zero-order valence-electron chi connectivity index (χ0n) is 12.1. The van der Waals surface area contributed by atoms with Crippen molar-refractivity contribution in [1.29, 1.82) is 0 Å². The molecule has 0 saturated heterocycles. The van der Waals surface area contributed by atoms with E-state index in [0.29, 0.717) is 10.0 Å². The fraction of sp³-hybridized carbons (Fsp3) is 0.125. The average Bonchev–Trinajstić information content (AvgIpc) is 2.76. The molecule has 2 aromatic carbocycles. The largest absolute Gasteiger partial charge is 0.327 e. The molecule has 1 aromatic heterocycles. The van der Waals surface area contributed by atoms with Crippen molar-refractivity contribution >= 4 is 45.6 Å². The van der Waals surface area contributed by atoms with Crippen LogP contribution in [0.4, 0.5) is 11.5 Å². The number of benzene rings is 2. The second-order valence-electron chi connectivity index (χ2n) is 4.97. The Morgan fingerprint density at radius 1 is 1.05 bits per heavy atom. The number of hydrogen-bond acceptors (Lipinski definition) is 2. The SMILES string of the molecule is Cc1c(/N=N/Nc2ccc(Cl)c(Cl)c2)n(C)c2ccccc12. The van der Waals surface area contributed by atoms with Crippen molar-refractivity contribution in [2.45, 2.75) is 6.92 Å². The lowest BCUT2D eigenvalue weighted by Gasteiger charge is -2.02. The molecular formula is C16H14Cl2N4. The van der Waals surface area contributed by atoms with Gasteiger partial charge < -0.3 is 4.57 Å². The quantitative estimate of drug-likeness (QED) is 0.470. The van der Waals surface area contributed by atoms with Gasteiger partial charge in [-0.3, -0.25) is 5.43 Å². The van der Waals surface area contributed by atoms with Crippen LogP contribution in [-0.4, -0.2) is 4.57 Å². The van der Waals surface area contributed by atoms with Crippen LogP contribution in [0.5, 0.6) is 0 Å². The van der Waals surface area contributed by atoms with E-state index in [9.17, 15) is 0 Å². The third kappa shape index (κ3) is 2.67. The van der Waals surface area contributed by atoms with Gasteiger partial charge in [-0.05, 0) is 31.2 Å². The number of aryl methyl sites for hydroxylation is 2. The Morgan fingerprint density at radius 2 is 1.82 bits per heavy atom. The van der Waals surface area contributed by atoms with Crippen molar-refractivity contribution in [1.82, 2.24) is 4.57 Å². The number of nitrogens with zero attached hydrogens (tertiary/aromatic N) is 3. The van der Waals surface area contributed by atoms with E-state index in [1.54, 1.807) is 18.2 Å². The van der Waals surface area contributed by atoms with E-state index in [2.05, 4.69) is 27.9 Å². The van der Waals surface area contributed by atoms with Crippen LogP contribution in [0.3, 0.4) is 0 Å². The van der Waals surface area contributed by atoms with Gasteiger partial charge in [0.2, 0.25) is 0 Å². The smallest absolute Gasteiger partial charge is 0.160 e. The topological polar surface area (TPSA) is 41.7 Å². The zero-order valence-corrected chi connectivity index (χ0v) is 13.7. The third-order valence-electron chi connectivity index (χ3n) is 3.57. The fourth-order valence-corrected chi connectivity index (χ4v) is 2.71. The number of halogens is 2. The molecular weight excluding hydrogens is 319 g/mol. The minimum Gasteiger partial charge on any atom is -0.327 e. The van der Waals surface area contributed by atoms with Crippen LogP contribution in [-0.2, 0) is 7.05 Å². The number of anilines is 1. The molecule has 1 heterocycles. The van der Waals surface area contributed by atoms with E-state index in [1.807, 2.05) is 30.7 Å². The summed E-state index contributed by atoms with van der Waals surface area (Å²) in [6.07, 6.45) is 0. The van der Waals surface area contributed by atoms with Crippen molar-refractivity contribution in [3.63, 3.8) is 0 Å². The summed E-state index contributed by atoms with van der Waals surface area (Å²) >= 11 is 11.8. The molecule has 3 aromatic rings. The number of aromatic nitrogens is 1. The fourth-order valence-electron chi connectivity index (χ4n) is 2.41. The van der Waals surface area contributed by atoms with E-state index in [-0.39, 0.29) is 0 Å². The summed E-state index contributed by atoms with van der Waals surface area (Å²) in [7, 11) is 1.98. The minimum absolute atomic E-state index is 0.475. The molecule has 1 N–H and O–H groups in total. The summed E-state index contributed by atoms with van der Waals surface area (Å²) in [5.74, 6) is 0.814. The van der Waals surface area contributed by atoms with Crippen LogP contribution < -0.4 is 5.43 Å². The van der Waals surface area contributed by atoms with E-state index in [0.717, 1.165) is 22.6 Å². The molecule has 0 saturated carbocycles. The van der Waals surface area contributed by atoms with Crippen molar-refractivity contribution in [3.8, 4) is 0 Å². The van der Waals surface area contributed by atoms with E-state index < -0.39 is 0 Å². The standard InChI is InChI=1S/C16H14Cl2N4/c1-10-12-5-3-4-6-15(12)22(2)16(10)20-21-19-11-7-8-13(17)14(18)9-11/h3-9H,1-2H3,(H,19,20). The summed E-state index contributed by atoms with van der Waals surface area (Å²) in [6, 6.07) is 13.4. The predicted molar refractivity (Wildman–Crippen MR) is 92.3 cm³/mol. The van der Waals surface area contributed by atoms with Crippen LogP contribution >= 0.6 is 23.2 Å². The molecule has 0 aliphatic heterocycles. The van der Waals surface area contributed by atoms with Gasteiger partial charge >= 0.3 is 0 Å². The summed E-state index contributed by atoms with van der Waals surface area (Å²) < 4.78 is 2.02. The highest BCUT2D eigenvalue weighted by atomic mass is 35.5. The lowest BCUT2D eigenvalue weighted by atomic mass is 10.2. The maximum absolute atomic E-state index is 5.97. The first kappa shape index (κ1) is 14.9. The number of hydrogen-bond donors (Lipinski definition) is 1. The molecule has 0 atom stereocenters. The van der Waals surface area contributed by atoms with E-state index >= 15 is 0 Å². The van der Waals surface area contributed by atoms with Gasteiger partial charge in [-0.25, -0.2) is 0 Å². The Kier molecular flexibility index (Phi) is 4.05. The molecule has 6 heteroatoms. The van der Waals surface area contributed by atoms with Crippen molar-refractivity contribution < 1.29 is 0 Å². The van der Waals surface area contributed by atoms with E-state index in [4.69, 9.17) is 23.2 Å². The first-order chi connectivity index (χ1) is 10.6. The van der Waals surface area contributed by atoms with Crippen molar-refractivity contribution in [2.24, 2.45) is 17.4 Å². The Morgan fingerprint density at radius 3 is 2.55 bits per heavy atom. The molecule has 0 spiro atoms. The molecule has 0 aliphatic rings. The summed E-state index contributed by atoms with van der Waals surface area (Å²) in [5.41, 5.74) is 5.82. The summed E-state index contributed by atoms with van der Waals surface area (Å²) in [4.78, 5) is 0. The molecule has 0 radical (unpaired) electrons. The van der Waals surface area contributed by atoms with Crippen LogP contribution in [0.1, 0.15) is 5.56 Å². The van der Waals surface area contributed by atoms with Gasteiger partial charge in [-0.2, -0.15) is 0 Å². The predicted octanol–water partition coefficient (Wildman–Crippen LogP) is 5.90. The molecule has 0 aliphatic carbocycles. The van der Waals surface area contributed by atoms with Gasteiger partial charge in [0.25, 0.3) is 0 Å². The number of nitrogens with one attached hydrogen (secondary N) is 1. The Bertz CT molecular complexity index is 829. The highest BCUT2D eigenvalue weighted by Gasteiger charge is 2.10. The average molecular weight is 333 g/mol. The second-order valence-corrected chi connectivity index (χ2v) is 5.78. The van der Waals surface area contributed by atoms with Crippen LogP contribution in [0.2, 0.25) is 10.0 Å². The summed E-state index contributed by atoms with van der Waals surface area (Å²) in [6.45, 7) is 2.04. The maximum Gasteiger partial charge on any atom is 0.160 e. The molecule has 0 amide bonds. The monoisotopic (exact) mass is 332 g/mol. The Labute approximate surface area is 138 Å². The van der Waals surface area contributed by atoms with E-state index in [1.165, 1.54) is 5.39 Å². The molecule has 3 rings (SSSR count). The molecule has 22 heavy (non-hydrogen) atoms. The minimum atomic E-state index is 0.475. The van der Waals surface area contributed by atoms with Gasteiger partial charge in [-0.15, -0.1) is 5.11 Å². The van der Waals surface area contributed by atoms with Gasteiger partial charge in [0, 0.05) is 23.5 Å². The highest BCUT2D eigenvalue weighted by Crippen LogP contribution is 2.31. The molecule has 0 bridgehead atoms. The normalized spacial score (nSPS) is 11.5. The highest BCUT2D eigenvalue weighted by molar-refractivity contribution is 6.42. The van der Waals surface area contributed by atoms with Crippen molar-refractivity contribution in [2.75, 3.05) is 5.43 Å². The first-order valence-electron chi connectivity index (χ1n) is 6.73. The number of fused-ring (bicyclic) bond motifs is 1. The van der Waals surface area contributed by atoms with Gasteiger partial charge in [0.1, 0.15) is 0 Å². The zero-order chi connectivity index (χ0) is 15.7. The van der Waals surface area contributed by atoms with Crippen molar-refractivity contribution in [3.05, 3.63) is 58.1 Å². The lowest BCUT2D eigenvalue weighted by molar-refractivity contribution is 0.929. The van der Waals surface area contributed by atoms with Gasteiger partial charge in [0.15, 0.2) is 5.82 Å². The Balaban J connectivity index is 1.88. The van der Waals surface area contributed by atoms with Crippen LogP contribution in [0.15, 0.2) is 52.8 Å². The second kappa shape index (κ2) is 5.99. The lowest BCUT2D eigenvalue weighted by Crippen LogP contribution is -1.89. The van der Waals surface area contributed by atoms with Gasteiger partial charge in [0.05, 0.1) is 15.7 Å².